The van der Waals surface area contributed by atoms with Crippen molar-refractivity contribution in [2.75, 3.05) is 13.2 Å². The molecule has 1 rings (SSSR count). The van der Waals surface area contributed by atoms with E-state index in [2.05, 4.69) is 0 Å². The van der Waals surface area contributed by atoms with Crippen LogP contribution in [0.4, 0.5) is 0 Å². The molecule has 1 aromatic carbocycles. The minimum absolute atomic E-state index is 0.141. The third kappa shape index (κ3) is 4.80. The van der Waals surface area contributed by atoms with Crippen LogP contribution >= 0.6 is 31.0 Å². The lowest BCUT2D eigenvalue weighted by atomic mass is 10.1. The molecule has 0 aliphatic rings. The van der Waals surface area contributed by atoms with E-state index in [1.165, 1.54) is 0 Å². The van der Waals surface area contributed by atoms with Crippen LogP contribution in [-0.2, 0) is 18.1 Å². The molecule has 20 heavy (non-hydrogen) atoms. The Balaban J connectivity index is 3.05. The number of hydrogen-bond acceptors (Lipinski definition) is 4. The molecule has 0 heterocycles. The van der Waals surface area contributed by atoms with Gasteiger partial charge < -0.3 is 4.52 Å². The van der Waals surface area contributed by atoms with Crippen molar-refractivity contribution in [2.24, 2.45) is 0 Å². The van der Waals surface area contributed by atoms with Gasteiger partial charge in [-0.15, -0.1) is 0 Å². The van der Waals surface area contributed by atoms with Gasteiger partial charge >= 0.3 is 7.82 Å². The van der Waals surface area contributed by atoms with Gasteiger partial charge in [-0.05, 0) is 38.5 Å². The van der Waals surface area contributed by atoms with E-state index in [0.717, 1.165) is 11.1 Å². The molecule has 0 saturated heterocycles. The highest BCUT2D eigenvalue weighted by Crippen LogP contribution is 2.53. The second kappa shape index (κ2) is 8.06. The standard InChI is InChI=1S/C13H17Cl2O4P/c1-4-17-20(16,18-5-2)19-13(9-14)11-7-6-10(3)8-12(11)15/h6-9H,4-5H2,1-3H3/b13-9-. The topological polar surface area (TPSA) is 44.8 Å². The smallest absolute Gasteiger partial charge is 0.402 e. The number of halogens is 2. The van der Waals surface area contributed by atoms with Gasteiger partial charge in [0.05, 0.1) is 18.2 Å². The first-order valence-electron chi connectivity index (χ1n) is 6.11. The molecule has 7 heteroatoms. The summed E-state index contributed by atoms with van der Waals surface area (Å²) in [5.74, 6) is 0.141. The molecule has 0 saturated carbocycles. The highest BCUT2D eigenvalue weighted by atomic mass is 35.5. The summed E-state index contributed by atoms with van der Waals surface area (Å²) < 4.78 is 27.8. The third-order valence-corrected chi connectivity index (χ3v) is 4.35. The van der Waals surface area contributed by atoms with Gasteiger partial charge in [-0.2, -0.15) is 0 Å². The van der Waals surface area contributed by atoms with Crippen LogP contribution in [0.2, 0.25) is 5.02 Å². The Kier molecular flexibility index (Phi) is 7.07. The number of hydrogen-bond donors (Lipinski definition) is 0. The molecule has 112 valence electrons. The molecule has 0 unspecified atom stereocenters. The van der Waals surface area contributed by atoms with Crippen LogP contribution in [0.3, 0.4) is 0 Å². The maximum absolute atomic E-state index is 12.3. The monoisotopic (exact) mass is 338 g/mol. The number of aryl methyl sites for hydroxylation is 1. The first-order valence-corrected chi connectivity index (χ1v) is 8.38. The maximum atomic E-state index is 12.3. The number of benzene rings is 1. The minimum Gasteiger partial charge on any atom is -0.402 e. The zero-order valence-electron chi connectivity index (χ0n) is 11.6. The summed E-state index contributed by atoms with van der Waals surface area (Å²) >= 11 is 11.9. The van der Waals surface area contributed by atoms with Crippen molar-refractivity contribution in [1.29, 1.82) is 0 Å². The summed E-state index contributed by atoms with van der Waals surface area (Å²) in [5, 5.41) is 0.441. The Morgan fingerprint density at radius 2 is 1.90 bits per heavy atom. The average molecular weight is 339 g/mol. The van der Waals surface area contributed by atoms with E-state index >= 15 is 0 Å². The first-order chi connectivity index (χ1) is 9.45. The molecule has 0 fully saturated rings. The van der Waals surface area contributed by atoms with Crippen LogP contribution < -0.4 is 0 Å². The number of phosphoric acid groups is 1. The SMILES string of the molecule is CCOP(=O)(OCC)O/C(=C\Cl)c1ccc(C)cc1Cl. The fourth-order valence-electron chi connectivity index (χ4n) is 1.47. The van der Waals surface area contributed by atoms with E-state index in [0.29, 0.717) is 10.6 Å². The van der Waals surface area contributed by atoms with Gasteiger partial charge in [0, 0.05) is 11.1 Å². The van der Waals surface area contributed by atoms with Gasteiger partial charge in [-0.1, -0.05) is 29.3 Å². The van der Waals surface area contributed by atoms with Crippen LogP contribution in [-0.4, -0.2) is 13.2 Å². The lowest BCUT2D eigenvalue weighted by Gasteiger charge is -2.19. The zero-order chi connectivity index (χ0) is 15.2. The van der Waals surface area contributed by atoms with E-state index in [1.807, 2.05) is 13.0 Å². The molecule has 0 aliphatic carbocycles. The van der Waals surface area contributed by atoms with Crippen LogP contribution in [0.1, 0.15) is 25.0 Å². The van der Waals surface area contributed by atoms with E-state index in [4.69, 9.17) is 36.8 Å². The summed E-state index contributed by atoms with van der Waals surface area (Å²) in [5.41, 5.74) is 2.67. The van der Waals surface area contributed by atoms with Crippen molar-refractivity contribution in [1.82, 2.24) is 0 Å². The first kappa shape index (κ1) is 17.5. The van der Waals surface area contributed by atoms with Crippen molar-refractivity contribution in [3.63, 3.8) is 0 Å². The Morgan fingerprint density at radius 3 is 2.35 bits per heavy atom. The lowest BCUT2D eigenvalue weighted by molar-refractivity contribution is 0.159. The molecule has 0 aliphatic heterocycles. The molecular formula is C13H17Cl2O4P. The second-order valence-electron chi connectivity index (χ2n) is 3.83. The quantitative estimate of drug-likeness (QED) is 0.494. The minimum atomic E-state index is -3.70. The molecule has 0 spiro atoms. The van der Waals surface area contributed by atoms with Gasteiger partial charge in [0.15, 0.2) is 5.76 Å². The van der Waals surface area contributed by atoms with Gasteiger partial charge in [0.25, 0.3) is 0 Å². The molecule has 1 aromatic rings. The van der Waals surface area contributed by atoms with E-state index in [9.17, 15) is 4.57 Å². The Hall–Kier alpha value is -0.510. The van der Waals surface area contributed by atoms with Crippen LogP contribution in [0.15, 0.2) is 23.7 Å². The Morgan fingerprint density at radius 1 is 1.30 bits per heavy atom. The largest absolute Gasteiger partial charge is 0.530 e. The third-order valence-electron chi connectivity index (χ3n) is 2.27. The molecule has 0 atom stereocenters. The normalized spacial score (nSPS) is 12.6. The highest BCUT2D eigenvalue weighted by molar-refractivity contribution is 7.48. The summed E-state index contributed by atoms with van der Waals surface area (Å²) in [7, 11) is -3.70. The van der Waals surface area contributed by atoms with E-state index < -0.39 is 7.82 Å². The second-order valence-corrected chi connectivity index (χ2v) is 6.05. The molecule has 0 amide bonds. The predicted octanol–water partition coefficient (Wildman–Crippen LogP) is 5.38. The van der Waals surface area contributed by atoms with E-state index in [-0.39, 0.29) is 19.0 Å². The van der Waals surface area contributed by atoms with Crippen molar-refractivity contribution in [3.05, 3.63) is 39.9 Å². The van der Waals surface area contributed by atoms with Crippen LogP contribution in [0, 0.1) is 6.92 Å². The average Bonchev–Trinajstić information content (AvgIpc) is 2.37. The summed E-state index contributed by atoms with van der Waals surface area (Å²) in [6.07, 6.45) is 0. The fourth-order valence-corrected chi connectivity index (χ4v) is 3.23. The van der Waals surface area contributed by atoms with Gasteiger partial charge in [0.1, 0.15) is 0 Å². The summed E-state index contributed by atoms with van der Waals surface area (Å²) in [6.45, 7) is 5.67. The fraction of sp³-hybridized carbons (Fsp3) is 0.385. The molecule has 0 bridgehead atoms. The molecule has 0 radical (unpaired) electrons. The van der Waals surface area contributed by atoms with Gasteiger partial charge in [-0.3, -0.25) is 9.05 Å². The summed E-state index contributed by atoms with van der Waals surface area (Å²) in [4.78, 5) is 0. The number of phosphoric ester groups is 1. The summed E-state index contributed by atoms with van der Waals surface area (Å²) in [6, 6.07) is 5.33. The van der Waals surface area contributed by atoms with E-state index in [1.54, 1.807) is 26.0 Å². The van der Waals surface area contributed by atoms with Crippen LogP contribution in [0.5, 0.6) is 0 Å². The molecule has 4 nitrogen and oxygen atoms in total. The lowest BCUT2D eigenvalue weighted by Crippen LogP contribution is -2.00. The maximum Gasteiger partial charge on any atom is 0.530 e. The highest BCUT2D eigenvalue weighted by Gasteiger charge is 2.29. The van der Waals surface area contributed by atoms with Crippen LogP contribution in [0.25, 0.3) is 5.76 Å². The molecular weight excluding hydrogens is 322 g/mol. The molecule has 0 N–H and O–H groups in total. The molecule has 0 aromatic heterocycles. The van der Waals surface area contributed by atoms with Crippen molar-refractivity contribution in [2.45, 2.75) is 20.8 Å². The van der Waals surface area contributed by atoms with Crippen molar-refractivity contribution < 1.29 is 18.1 Å². The predicted molar refractivity (Wildman–Crippen MR) is 82.0 cm³/mol. The zero-order valence-corrected chi connectivity index (χ0v) is 14.0. The number of rotatable bonds is 7. The Labute approximate surface area is 129 Å². The van der Waals surface area contributed by atoms with Crippen molar-refractivity contribution in [3.8, 4) is 0 Å². The van der Waals surface area contributed by atoms with Crippen molar-refractivity contribution >= 4 is 36.8 Å². The Bertz CT molecular complexity index is 521. The van der Waals surface area contributed by atoms with Gasteiger partial charge in [0.2, 0.25) is 0 Å². The van der Waals surface area contributed by atoms with Gasteiger partial charge in [-0.25, -0.2) is 4.57 Å².